The van der Waals surface area contributed by atoms with Crippen LogP contribution in [0.25, 0.3) is 5.57 Å². The summed E-state index contributed by atoms with van der Waals surface area (Å²) in [4.78, 5) is 2.44. The van der Waals surface area contributed by atoms with Gasteiger partial charge in [0.1, 0.15) is 0 Å². The molecule has 4 rings (SSSR count). The van der Waals surface area contributed by atoms with E-state index in [1.807, 2.05) is 0 Å². The van der Waals surface area contributed by atoms with Crippen molar-refractivity contribution in [2.45, 2.75) is 39.5 Å². The highest BCUT2D eigenvalue weighted by molar-refractivity contribution is 5.83. The second-order valence-electron chi connectivity index (χ2n) is 8.65. The summed E-state index contributed by atoms with van der Waals surface area (Å²) < 4.78 is 0. The summed E-state index contributed by atoms with van der Waals surface area (Å²) in [6.07, 6.45) is 2.54. The highest BCUT2D eigenvalue weighted by Crippen LogP contribution is 2.54. The summed E-state index contributed by atoms with van der Waals surface area (Å²) in [7, 11) is 2.23. The Bertz CT molecular complexity index is 777. The molecule has 2 fully saturated rings. The van der Waals surface area contributed by atoms with E-state index in [0.717, 1.165) is 0 Å². The first kappa shape index (κ1) is 16.6. The largest absolute Gasteiger partial charge is 0.305 e. The first-order chi connectivity index (χ1) is 12.0. The Morgan fingerprint density at radius 3 is 1.88 bits per heavy atom. The van der Waals surface area contributed by atoms with Crippen LogP contribution in [-0.2, 0) is 0 Å². The maximum atomic E-state index is 2.44. The third-order valence-electron chi connectivity index (χ3n) is 5.95. The van der Waals surface area contributed by atoms with Gasteiger partial charge in [0, 0.05) is 18.5 Å². The molecular weight excluding hydrogens is 302 g/mol. The maximum Gasteiger partial charge on any atom is 0.00536 e. The van der Waals surface area contributed by atoms with Crippen LogP contribution in [0.5, 0.6) is 0 Å². The third kappa shape index (κ3) is 3.06. The Hall–Kier alpha value is -1.86. The van der Waals surface area contributed by atoms with E-state index in [1.54, 1.807) is 5.57 Å². The van der Waals surface area contributed by atoms with Gasteiger partial charge in [-0.3, -0.25) is 0 Å². The first-order valence-electron chi connectivity index (χ1n) is 9.54. The smallest absolute Gasteiger partial charge is 0.00536 e. The molecule has 0 bridgehead atoms. The van der Waals surface area contributed by atoms with Crippen LogP contribution in [0.3, 0.4) is 0 Å². The molecule has 1 aliphatic carbocycles. The molecule has 2 aromatic carbocycles. The SMILES string of the molecule is Cc1ccc(C(=C2CC3(C2)CN(C)C3)c2ccc(C(C)C)cc2)cc1. The minimum Gasteiger partial charge on any atom is -0.305 e. The minimum atomic E-state index is 0.581. The van der Waals surface area contributed by atoms with E-state index in [9.17, 15) is 0 Å². The van der Waals surface area contributed by atoms with E-state index >= 15 is 0 Å². The number of hydrogen-bond acceptors (Lipinski definition) is 1. The van der Waals surface area contributed by atoms with Crippen LogP contribution in [0.1, 0.15) is 54.9 Å². The topological polar surface area (TPSA) is 3.24 Å². The molecule has 0 N–H and O–H groups in total. The minimum absolute atomic E-state index is 0.581. The molecule has 1 spiro atoms. The van der Waals surface area contributed by atoms with Crippen molar-refractivity contribution in [2.75, 3.05) is 20.1 Å². The van der Waals surface area contributed by atoms with Gasteiger partial charge < -0.3 is 4.90 Å². The fourth-order valence-corrected chi connectivity index (χ4v) is 4.68. The highest BCUT2D eigenvalue weighted by atomic mass is 15.2. The highest BCUT2D eigenvalue weighted by Gasteiger charge is 2.49. The van der Waals surface area contributed by atoms with Gasteiger partial charge in [-0.15, -0.1) is 0 Å². The van der Waals surface area contributed by atoms with Crippen LogP contribution in [0.4, 0.5) is 0 Å². The molecule has 0 unspecified atom stereocenters. The summed E-state index contributed by atoms with van der Waals surface area (Å²) in [5, 5.41) is 0. The lowest BCUT2D eigenvalue weighted by Crippen LogP contribution is -2.58. The van der Waals surface area contributed by atoms with Crippen molar-refractivity contribution in [2.24, 2.45) is 5.41 Å². The molecule has 1 nitrogen and oxygen atoms in total. The van der Waals surface area contributed by atoms with Crippen molar-refractivity contribution in [3.63, 3.8) is 0 Å². The number of likely N-dealkylation sites (tertiary alicyclic amines) is 1. The summed E-state index contributed by atoms with van der Waals surface area (Å²) >= 11 is 0. The molecule has 0 amide bonds. The molecule has 1 saturated carbocycles. The number of benzene rings is 2. The molecule has 25 heavy (non-hydrogen) atoms. The molecule has 1 heterocycles. The average molecular weight is 332 g/mol. The summed E-state index contributed by atoms with van der Waals surface area (Å²) in [6, 6.07) is 18.3. The van der Waals surface area contributed by atoms with Crippen molar-refractivity contribution in [3.05, 3.63) is 76.4 Å². The normalized spacial score (nSPS) is 19.0. The molecule has 1 saturated heterocycles. The van der Waals surface area contributed by atoms with E-state index in [2.05, 4.69) is 81.2 Å². The molecule has 2 aliphatic rings. The van der Waals surface area contributed by atoms with Crippen LogP contribution in [0.15, 0.2) is 54.1 Å². The zero-order valence-corrected chi connectivity index (χ0v) is 16.0. The molecule has 0 aromatic heterocycles. The Balaban J connectivity index is 1.71. The predicted molar refractivity (Wildman–Crippen MR) is 107 cm³/mol. The molecule has 1 aliphatic heterocycles. The average Bonchev–Trinajstić information content (AvgIpc) is 2.53. The van der Waals surface area contributed by atoms with Crippen molar-refractivity contribution in [1.29, 1.82) is 0 Å². The number of aryl methyl sites for hydroxylation is 1. The van der Waals surface area contributed by atoms with Gasteiger partial charge >= 0.3 is 0 Å². The monoisotopic (exact) mass is 331 g/mol. The van der Waals surface area contributed by atoms with Gasteiger partial charge in [-0.1, -0.05) is 73.5 Å². The molecule has 0 atom stereocenters. The standard InChI is InChI=1S/C24H29N/c1-17(2)19-9-11-21(12-10-19)23(20-7-5-18(3)6-8-20)22-13-24(14-22)15-25(4)16-24/h5-12,17H,13-16H2,1-4H3. The van der Waals surface area contributed by atoms with Crippen LogP contribution in [0, 0.1) is 12.3 Å². The lowest BCUT2D eigenvalue weighted by atomic mass is 9.59. The predicted octanol–water partition coefficient (Wildman–Crippen LogP) is 5.65. The van der Waals surface area contributed by atoms with Gasteiger partial charge in [-0.2, -0.15) is 0 Å². The van der Waals surface area contributed by atoms with Crippen molar-refractivity contribution in [1.82, 2.24) is 4.90 Å². The van der Waals surface area contributed by atoms with Crippen LogP contribution in [-0.4, -0.2) is 25.0 Å². The van der Waals surface area contributed by atoms with Crippen LogP contribution >= 0.6 is 0 Å². The zero-order valence-electron chi connectivity index (χ0n) is 16.0. The Kier molecular flexibility index (Phi) is 4.08. The van der Waals surface area contributed by atoms with E-state index in [0.29, 0.717) is 11.3 Å². The summed E-state index contributed by atoms with van der Waals surface area (Å²) in [5.74, 6) is 0.585. The van der Waals surface area contributed by atoms with Crippen LogP contribution in [0.2, 0.25) is 0 Å². The fraction of sp³-hybridized carbons (Fsp3) is 0.417. The molecule has 0 radical (unpaired) electrons. The second kappa shape index (κ2) is 6.14. The number of rotatable bonds is 3. The zero-order chi connectivity index (χ0) is 17.6. The van der Waals surface area contributed by atoms with Crippen LogP contribution < -0.4 is 0 Å². The summed E-state index contributed by atoms with van der Waals surface area (Å²) in [6.45, 7) is 9.22. The maximum absolute atomic E-state index is 2.44. The molecular formula is C24H29N. The van der Waals surface area contributed by atoms with Crippen molar-refractivity contribution < 1.29 is 0 Å². The van der Waals surface area contributed by atoms with Crippen molar-refractivity contribution in [3.8, 4) is 0 Å². The van der Waals surface area contributed by atoms with E-state index in [4.69, 9.17) is 0 Å². The number of nitrogens with zero attached hydrogens (tertiary/aromatic N) is 1. The van der Waals surface area contributed by atoms with Crippen molar-refractivity contribution >= 4 is 5.57 Å². The van der Waals surface area contributed by atoms with Gasteiger partial charge in [-0.25, -0.2) is 0 Å². The Morgan fingerprint density at radius 1 is 0.880 bits per heavy atom. The van der Waals surface area contributed by atoms with Gasteiger partial charge in [-0.05, 0) is 55.0 Å². The Morgan fingerprint density at radius 2 is 1.40 bits per heavy atom. The van der Waals surface area contributed by atoms with E-state index < -0.39 is 0 Å². The number of hydrogen-bond donors (Lipinski definition) is 0. The van der Waals surface area contributed by atoms with E-state index in [-0.39, 0.29) is 0 Å². The van der Waals surface area contributed by atoms with Gasteiger partial charge in [0.25, 0.3) is 0 Å². The molecule has 130 valence electrons. The van der Waals surface area contributed by atoms with E-state index in [1.165, 1.54) is 53.8 Å². The molecule has 2 aromatic rings. The quantitative estimate of drug-likeness (QED) is 0.703. The number of allylic oxidation sites excluding steroid dienone is 1. The summed E-state index contributed by atoms with van der Waals surface area (Å²) in [5.41, 5.74) is 9.21. The van der Waals surface area contributed by atoms with Gasteiger partial charge in [0.05, 0.1) is 0 Å². The first-order valence-corrected chi connectivity index (χ1v) is 9.54. The third-order valence-corrected chi connectivity index (χ3v) is 5.95. The fourth-order valence-electron chi connectivity index (χ4n) is 4.68. The molecule has 1 heteroatoms. The van der Waals surface area contributed by atoms with Gasteiger partial charge in [0.15, 0.2) is 0 Å². The second-order valence-corrected chi connectivity index (χ2v) is 8.65. The lowest BCUT2D eigenvalue weighted by Gasteiger charge is -2.56. The Labute approximate surface area is 152 Å². The lowest BCUT2D eigenvalue weighted by molar-refractivity contribution is -0.0106. The van der Waals surface area contributed by atoms with Gasteiger partial charge in [0.2, 0.25) is 0 Å².